The van der Waals surface area contributed by atoms with Gasteiger partial charge in [-0.05, 0) is 34.7 Å². The molecule has 0 bridgehead atoms. The van der Waals surface area contributed by atoms with Gasteiger partial charge in [-0.25, -0.2) is 10.3 Å². The molecular weight excluding hydrogens is 500 g/mol. The van der Waals surface area contributed by atoms with Crippen LogP contribution in [0.3, 0.4) is 0 Å². The van der Waals surface area contributed by atoms with Crippen LogP contribution in [0.15, 0.2) is 47.5 Å². The Morgan fingerprint density at radius 1 is 1.13 bits per heavy atom. The van der Waals surface area contributed by atoms with Crippen LogP contribution in [0.4, 0.5) is 0 Å². The summed E-state index contributed by atoms with van der Waals surface area (Å²) in [6, 6.07) is 11.8. The predicted octanol–water partition coefficient (Wildman–Crippen LogP) is -3.06. The molecule has 2 aromatic rings. The Kier molecular flexibility index (Phi) is 5.02. The molecule has 2 saturated heterocycles. The van der Waals surface area contributed by atoms with Crippen molar-refractivity contribution in [3.05, 3.63) is 59.2 Å². The highest BCUT2D eigenvalue weighted by Gasteiger charge is 2.69. The quantitative estimate of drug-likeness (QED) is 0.193. The number of fused-ring (bicyclic) bond motifs is 3. The van der Waals surface area contributed by atoms with Crippen molar-refractivity contribution in [2.24, 2.45) is 16.5 Å². The zero-order valence-corrected chi connectivity index (χ0v) is 21.1. The van der Waals surface area contributed by atoms with E-state index >= 15 is 0 Å². The van der Waals surface area contributed by atoms with Crippen molar-refractivity contribution in [2.45, 2.75) is 49.2 Å². The molecule has 200 valence electrons. The summed E-state index contributed by atoms with van der Waals surface area (Å²) in [6.45, 7) is 0.200. The number of aliphatic hydroxyl groups excluding tert-OH is 1. The highest BCUT2D eigenvalue weighted by atomic mass is 16.3. The first-order valence-electron chi connectivity index (χ1n) is 13.1. The fraction of sp³-hybridized carbons (Fsp3) is 0.370. The Morgan fingerprint density at radius 2 is 1.87 bits per heavy atom. The molecule has 7 rings (SSSR count). The van der Waals surface area contributed by atoms with E-state index in [2.05, 4.69) is 32.8 Å². The number of guanidine groups is 2. The van der Waals surface area contributed by atoms with E-state index in [1.54, 1.807) is 11.0 Å². The molecule has 1 aliphatic carbocycles. The average Bonchev–Trinajstić information content (AvgIpc) is 3.64. The second-order valence-corrected chi connectivity index (χ2v) is 10.7. The van der Waals surface area contributed by atoms with Crippen molar-refractivity contribution in [3.63, 3.8) is 0 Å². The standard InChI is InChI=1S/C27H28N8O4/c28-25-32-22-18(11-34-20(36)8-9-21(34)37)31-26(29)35-12-19(23(38)27(22,35)33-25)30-24(39)16-7-3-6-15-14-5-2-1-4-13(14)10-17(15)16/h1-7,18-19,22-23,38H,8-12H2,(H2,29,31)(H,30,39)(H3,28,32,33)/p+1/t18?,19-,22?,23?,27?/m0/s1. The minimum atomic E-state index is -1.22. The smallest absolute Gasteiger partial charge is 0.343 e. The summed E-state index contributed by atoms with van der Waals surface area (Å²) in [4.78, 5) is 48.8. The number of imide groups is 1. The fourth-order valence-electron chi connectivity index (χ4n) is 6.90. The van der Waals surface area contributed by atoms with Gasteiger partial charge in [-0.3, -0.25) is 30.0 Å². The maximum atomic E-state index is 13.6. The molecule has 4 heterocycles. The van der Waals surface area contributed by atoms with Gasteiger partial charge in [-0.15, -0.1) is 0 Å². The number of likely N-dealkylation sites (tertiary alicyclic amines) is 1. The lowest BCUT2D eigenvalue weighted by Crippen LogP contribution is -2.88. The lowest BCUT2D eigenvalue weighted by molar-refractivity contribution is -0.514. The number of carbonyl (C=O) groups is 3. The van der Waals surface area contributed by atoms with E-state index in [0.717, 1.165) is 16.7 Å². The van der Waals surface area contributed by atoms with Gasteiger partial charge in [0.05, 0.1) is 12.6 Å². The van der Waals surface area contributed by atoms with Gasteiger partial charge in [0.1, 0.15) is 12.1 Å². The lowest BCUT2D eigenvalue weighted by atomic mass is 9.87. The Hall–Kier alpha value is -4.45. The Bertz CT molecular complexity index is 1490. The van der Waals surface area contributed by atoms with Crippen LogP contribution in [0, 0.1) is 0 Å². The summed E-state index contributed by atoms with van der Waals surface area (Å²) >= 11 is 0. The molecule has 2 fully saturated rings. The highest BCUT2D eigenvalue weighted by molar-refractivity contribution is 6.02. The van der Waals surface area contributed by atoms with Crippen LogP contribution in [-0.2, 0) is 16.0 Å². The molecule has 8 N–H and O–H groups in total. The minimum Gasteiger partial charge on any atom is -0.385 e. The number of benzene rings is 2. The zero-order valence-electron chi connectivity index (χ0n) is 21.1. The van der Waals surface area contributed by atoms with E-state index in [1.165, 1.54) is 10.5 Å². The average molecular weight is 530 g/mol. The van der Waals surface area contributed by atoms with Crippen molar-refractivity contribution in [1.82, 2.24) is 20.4 Å². The molecule has 0 radical (unpaired) electrons. The molecule has 0 aromatic heterocycles. The lowest BCUT2D eigenvalue weighted by Gasteiger charge is -2.44. The van der Waals surface area contributed by atoms with E-state index < -0.39 is 29.9 Å². The summed E-state index contributed by atoms with van der Waals surface area (Å²) in [5.74, 6) is -0.472. The summed E-state index contributed by atoms with van der Waals surface area (Å²) in [6.07, 6.45) is -0.155. The number of amides is 3. The van der Waals surface area contributed by atoms with Crippen LogP contribution in [0.1, 0.15) is 34.3 Å². The Morgan fingerprint density at radius 3 is 2.67 bits per heavy atom. The molecule has 5 aliphatic rings. The Balaban J connectivity index is 1.17. The van der Waals surface area contributed by atoms with Gasteiger partial charge in [0.25, 0.3) is 5.91 Å². The van der Waals surface area contributed by atoms with E-state index in [1.807, 2.05) is 24.3 Å². The van der Waals surface area contributed by atoms with Gasteiger partial charge in [-0.2, -0.15) is 0 Å². The van der Waals surface area contributed by atoms with Gasteiger partial charge < -0.3 is 21.1 Å². The number of hydrogen-bond donors (Lipinski definition) is 6. The van der Waals surface area contributed by atoms with Crippen LogP contribution in [0.2, 0.25) is 0 Å². The number of carbonyl (C=O) groups excluding carboxylic acids is 3. The second-order valence-electron chi connectivity index (χ2n) is 10.7. The second kappa shape index (κ2) is 8.27. The Labute approximate surface area is 223 Å². The molecule has 0 saturated carbocycles. The van der Waals surface area contributed by atoms with Crippen LogP contribution in [0.5, 0.6) is 0 Å². The minimum absolute atomic E-state index is 0.0149. The predicted molar refractivity (Wildman–Crippen MR) is 140 cm³/mol. The highest BCUT2D eigenvalue weighted by Crippen LogP contribution is 2.39. The number of hydrogen-bond acceptors (Lipinski definition) is 9. The van der Waals surface area contributed by atoms with Gasteiger partial charge >= 0.3 is 5.96 Å². The van der Waals surface area contributed by atoms with Crippen molar-refractivity contribution in [1.29, 1.82) is 0 Å². The van der Waals surface area contributed by atoms with E-state index in [-0.39, 0.29) is 55.6 Å². The number of rotatable bonds is 4. The number of nitrogens with two attached hydrogens (primary N) is 2. The maximum Gasteiger partial charge on any atom is 0.343 e. The topological polar surface area (TPSA) is 180 Å². The van der Waals surface area contributed by atoms with E-state index in [0.29, 0.717) is 12.0 Å². The molecule has 2 aromatic carbocycles. The first kappa shape index (κ1) is 23.7. The number of aliphatic hydroxyl groups is 1. The van der Waals surface area contributed by atoms with Crippen LogP contribution < -0.4 is 27.1 Å². The normalized spacial score (nSPS) is 30.3. The summed E-state index contributed by atoms with van der Waals surface area (Å²) in [5, 5.41) is 17.9. The molecule has 3 amide bonds. The van der Waals surface area contributed by atoms with Crippen LogP contribution in [0.25, 0.3) is 11.1 Å². The van der Waals surface area contributed by atoms with Gasteiger partial charge in [0.2, 0.25) is 17.5 Å². The summed E-state index contributed by atoms with van der Waals surface area (Å²) < 4.78 is 0. The first-order chi connectivity index (χ1) is 18.8. The zero-order chi connectivity index (χ0) is 27.1. The third-order valence-electron chi connectivity index (χ3n) is 8.67. The monoisotopic (exact) mass is 529 g/mol. The molecule has 5 atom stereocenters. The molecule has 4 aliphatic heterocycles. The number of nitrogens with zero attached hydrogens (tertiary/aromatic N) is 3. The largest absolute Gasteiger partial charge is 0.385 e. The fourth-order valence-corrected chi connectivity index (χ4v) is 6.90. The molecule has 39 heavy (non-hydrogen) atoms. The summed E-state index contributed by atoms with van der Waals surface area (Å²) in [7, 11) is 0. The van der Waals surface area contributed by atoms with Gasteiger partial charge in [0.15, 0.2) is 12.0 Å². The van der Waals surface area contributed by atoms with E-state index in [9.17, 15) is 19.5 Å². The third-order valence-corrected chi connectivity index (χ3v) is 8.67. The first-order valence-corrected chi connectivity index (χ1v) is 13.1. The van der Waals surface area contributed by atoms with Crippen LogP contribution in [-0.4, -0.2) is 87.5 Å². The molecule has 12 heteroatoms. The maximum absolute atomic E-state index is 13.6. The van der Waals surface area contributed by atoms with Crippen molar-refractivity contribution >= 4 is 29.6 Å². The van der Waals surface area contributed by atoms with Crippen molar-refractivity contribution in [3.8, 4) is 11.1 Å². The number of aliphatic imine (C=N–C) groups is 1. The van der Waals surface area contributed by atoms with E-state index in [4.69, 9.17) is 11.5 Å². The number of nitrogens with one attached hydrogen (secondary N) is 3. The van der Waals surface area contributed by atoms with Crippen molar-refractivity contribution in [2.75, 3.05) is 13.1 Å². The van der Waals surface area contributed by atoms with Crippen LogP contribution >= 0.6 is 0 Å². The van der Waals surface area contributed by atoms with Gasteiger partial charge in [-0.1, -0.05) is 36.4 Å². The SMILES string of the molecule is NC1=NC(CN2C(=O)CCC2=O)C2[NH+]=C(N)NC23C(O)[C@@H](NC(=O)c2cccc4c2Cc2ccccc2-4)CN13. The molecule has 1 spiro atoms. The third kappa shape index (κ3) is 3.30. The van der Waals surface area contributed by atoms with Gasteiger partial charge in [0, 0.05) is 24.9 Å². The molecular formula is C27H29N8O4+. The summed E-state index contributed by atoms with van der Waals surface area (Å²) in [5.41, 5.74) is 16.2. The molecule has 4 unspecified atom stereocenters. The molecule has 12 nitrogen and oxygen atoms in total. The van der Waals surface area contributed by atoms with Crippen molar-refractivity contribution < 1.29 is 24.5 Å².